The van der Waals surface area contributed by atoms with E-state index in [0.29, 0.717) is 41.4 Å². The number of Topliss-reactive ketones (excluding diaryl/α,β-unsaturated/α-hetero) is 1. The lowest BCUT2D eigenvalue weighted by molar-refractivity contribution is 0.0746. The lowest BCUT2D eigenvalue weighted by Gasteiger charge is -2.21. The molecule has 6 heteroatoms. The third-order valence-electron chi connectivity index (χ3n) is 4.49. The summed E-state index contributed by atoms with van der Waals surface area (Å²) < 4.78 is 10.6. The van der Waals surface area contributed by atoms with Gasteiger partial charge in [0.25, 0.3) is 5.91 Å². The van der Waals surface area contributed by atoms with Gasteiger partial charge in [0.2, 0.25) is 0 Å². The number of amides is 1. The number of ether oxygens (including phenoxy) is 2. The molecule has 2 rings (SSSR count). The lowest BCUT2D eigenvalue weighted by Crippen LogP contribution is -2.31. The number of rotatable bonds is 7. The molecule has 0 saturated carbocycles. The second kappa shape index (κ2) is 8.08. The third-order valence-corrected chi connectivity index (χ3v) is 4.49. The van der Waals surface area contributed by atoms with Gasteiger partial charge in [0, 0.05) is 24.3 Å². The zero-order valence-electron chi connectivity index (χ0n) is 16.2. The maximum Gasteiger partial charge on any atom is 0.270 e. The average Bonchev–Trinajstić information content (AvgIpc) is 2.93. The first-order chi connectivity index (χ1) is 12.3. The fraction of sp³-hybridized carbons (Fsp3) is 0.400. The average molecular weight is 358 g/mol. The number of benzene rings is 1. The summed E-state index contributed by atoms with van der Waals surface area (Å²) in [5.41, 5.74) is 3.42. The van der Waals surface area contributed by atoms with Crippen molar-refractivity contribution in [3.05, 3.63) is 46.3 Å². The molecule has 0 atom stereocenters. The van der Waals surface area contributed by atoms with Crippen LogP contribution in [0.5, 0.6) is 11.5 Å². The summed E-state index contributed by atoms with van der Waals surface area (Å²) in [7, 11) is 3.17. The number of nitrogens with one attached hydrogen (secondary N) is 1. The van der Waals surface area contributed by atoms with Crippen LogP contribution in [0.1, 0.15) is 51.5 Å². The minimum atomic E-state index is -0.129. The molecule has 1 aromatic heterocycles. The molecule has 2 aromatic rings. The van der Waals surface area contributed by atoms with E-state index in [0.717, 1.165) is 11.3 Å². The molecule has 140 valence electrons. The largest absolute Gasteiger partial charge is 0.493 e. The highest BCUT2D eigenvalue weighted by Gasteiger charge is 2.23. The van der Waals surface area contributed by atoms with Gasteiger partial charge >= 0.3 is 0 Å². The molecule has 1 heterocycles. The lowest BCUT2D eigenvalue weighted by atomic mass is 10.1. The van der Waals surface area contributed by atoms with Crippen LogP contribution in [0.2, 0.25) is 0 Å². The molecule has 0 radical (unpaired) electrons. The van der Waals surface area contributed by atoms with E-state index in [1.807, 2.05) is 32.0 Å². The van der Waals surface area contributed by atoms with E-state index in [2.05, 4.69) is 4.98 Å². The normalized spacial score (nSPS) is 10.5. The number of aryl methyl sites for hydroxylation is 1. The van der Waals surface area contributed by atoms with E-state index < -0.39 is 0 Å². The number of ketones is 1. The number of aromatic amines is 1. The van der Waals surface area contributed by atoms with Crippen molar-refractivity contribution in [2.45, 2.75) is 34.2 Å². The summed E-state index contributed by atoms with van der Waals surface area (Å²) in [4.78, 5) is 29.6. The van der Waals surface area contributed by atoms with Crippen LogP contribution in [0.25, 0.3) is 0 Å². The van der Waals surface area contributed by atoms with Crippen molar-refractivity contribution in [1.82, 2.24) is 9.88 Å². The predicted octanol–water partition coefficient (Wildman–Crippen LogP) is 3.51. The molecule has 6 nitrogen and oxygen atoms in total. The smallest absolute Gasteiger partial charge is 0.270 e. The number of H-pyrrole nitrogens is 1. The van der Waals surface area contributed by atoms with Gasteiger partial charge in [-0.3, -0.25) is 9.59 Å². The van der Waals surface area contributed by atoms with Gasteiger partial charge in [0.15, 0.2) is 17.3 Å². The Labute approximate surface area is 154 Å². The minimum absolute atomic E-state index is 0.0433. The van der Waals surface area contributed by atoms with Crippen molar-refractivity contribution in [1.29, 1.82) is 0 Å². The van der Waals surface area contributed by atoms with E-state index in [-0.39, 0.29) is 11.7 Å². The number of methoxy groups -OCH3 is 2. The topological polar surface area (TPSA) is 71.6 Å². The molecule has 0 bridgehead atoms. The molecule has 1 amide bonds. The maximum absolute atomic E-state index is 13.0. The van der Waals surface area contributed by atoms with E-state index >= 15 is 0 Å². The Kier molecular flexibility index (Phi) is 6.08. The first-order valence-corrected chi connectivity index (χ1v) is 8.54. The number of carbonyl (C=O) groups excluding carboxylic acids is 2. The third kappa shape index (κ3) is 3.74. The van der Waals surface area contributed by atoms with Crippen molar-refractivity contribution in [2.75, 3.05) is 20.8 Å². The van der Waals surface area contributed by atoms with Crippen LogP contribution in [0.15, 0.2) is 18.2 Å². The zero-order chi connectivity index (χ0) is 19.4. The van der Waals surface area contributed by atoms with E-state index in [1.54, 1.807) is 26.0 Å². The molecule has 26 heavy (non-hydrogen) atoms. The Balaban J connectivity index is 2.30. The van der Waals surface area contributed by atoms with Gasteiger partial charge in [0.1, 0.15) is 5.69 Å². The van der Waals surface area contributed by atoms with Crippen LogP contribution in [0.4, 0.5) is 0 Å². The Morgan fingerprint density at radius 3 is 2.27 bits per heavy atom. The Morgan fingerprint density at radius 2 is 1.77 bits per heavy atom. The first kappa shape index (κ1) is 19.6. The van der Waals surface area contributed by atoms with Crippen molar-refractivity contribution < 1.29 is 19.1 Å². The number of aromatic nitrogens is 1. The monoisotopic (exact) mass is 358 g/mol. The highest BCUT2D eigenvalue weighted by Crippen LogP contribution is 2.28. The Morgan fingerprint density at radius 1 is 1.12 bits per heavy atom. The standard InChI is InChI=1S/C20H26N2O4/c1-7-22(11-15-8-9-16(25-5)17(10-15)26-6)20(24)19-12(2)18(14(4)23)13(3)21-19/h8-10,21H,7,11H2,1-6H3. The molecule has 0 aliphatic carbocycles. The van der Waals surface area contributed by atoms with E-state index in [9.17, 15) is 9.59 Å². The summed E-state index contributed by atoms with van der Waals surface area (Å²) in [5.74, 6) is 1.10. The molecule has 0 aliphatic heterocycles. The van der Waals surface area contributed by atoms with Crippen molar-refractivity contribution in [2.24, 2.45) is 0 Å². The van der Waals surface area contributed by atoms with Gasteiger partial charge < -0.3 is 19.4 Å². The number of hydrogen-bond donors (Lipinski definition) is 1. The van der Waals surface area contributed by atoms with E-state index in [4.69, 9.17) is 9.47 Å². The highest BCUT2D eigenvalue weighted by molar-refractivity contribution is 6.02. The molecular formula is C20H26N2O4. The second-order valence-corrected chi connectivity index (χ2v) is 6.19. The fourth-order valence-electron chi connectivity index (χ4n) is 3.18. The van der Waals surface area contributed by atoms with Gasteiger partial charge in [-0.05, 0) is 51.0 Å². The maximum atomic E-state index is 13.0. The van der Waals surface area contributed by atoms with Crippen LogP contribution in [0, 0.1) is 13.8 Å². The summed E-state index contributed by atoms with van der Waals surface area (Å²) in [6.07, 6.45) is 0. The molecule has 0 spiro atoms. The number of carbonyl (C=O) groups is 2. The van der Waals surface area contributed by atoms with Crippen LogP contribution in [-0.4, -0.2) is 42.3 Å². The zero-order valence-corrected chi connectivity index (χ0v) is 16.2. The second-order valence-electron chi connectivity index (χ2n) is 6.19. The molecule has 0 saturated heterocycles. The minimum Gasteiger partial charge on any atom is -0.493 e. The van der Waals surface area contributed by atoms with Gasteiger partial charge in [-0.2, -0.15) is 0 Å². The van der Waals surface area contributed by atoms with Gasteiger partial charge in [-0.25, -0.2) is 0 Å². The van der Waals surface area contributed by atoms with Crippen molar-refractivity contribution in [3.63, 3.8) is 0 Å². The van der Waals surface area contributed by atoms with Crippen LogP contribution in [0.3, 0.4) is 0 Å². The Hall–Kier alpha value is -2.76. The van der Waals surface area contributed by atoms with Crippen LogP contribution >= 0.6 is 0 Å². The quantitative estimate of drug-likeness (QED) is 0.769. The van der Waals surface area contributed by atoms with Crippen molar-refractivity contribution in [3.8, 4) is 11.5 Å². The molecular weight excluding hydrogens is 332 g/mol. The molecule has 0 unspecified atom stereocenters. The van der Waals surface area contributed by atoms with Gasteiger partial charge in [0.05, 0.1) is 14.2 Å². The predicted molar refractivity (Wildman–Crippen MR) is 100 cm³/mol. The summed E-state index contributed by atoms with van der Waals surface area (Å²) >= 11 is 0. The Bertz CT molecular complexity index is 823. The number of hydrogen-bond acceptors (Lipinski definition) is 4. The summed E-state index contributed by atoms with van der Waals surface area (Å²) in [6, 6.07) is 5.60. The summed E-state index contributed by atoms with van der Waals surface area (Å²) in [6.45, 7) is 8.03. The molecule has 0 fully saturated rings. The summed E-state index contributed by atoms with van der Waals surface area (Å²) in [5, 5.41) is 0. The van der Waals surface area contributed by atoms with Crippen LogP contribution in [-0.2, 0) is 6.54 Å². The highest BCUT2D eigenvalue weighted by atomic mass is 16.5. The molecule has 1 aromatic carbocycles. The van der Waals surface area contributed by atoms with E-state index in [1.165, 1.54) is 6.92 Å². The first-order valence-electron chi connectivity index (χ1n) is 8.54. The van der Waals surface area contributed by atoms with Crippen molar-refractivity contribution >= 4 is 11.7 Å². The SMILES string of the molecule is CCN(Cc1ccc(OC)c(OC)c1)C(=O)c1[nH]c(C)c(C(C)=O)c1C. The van der Waals surface area contributed by atoms with Gasteiger partial charge in [-0.15, -0.1) is 0 Å². The number of nitrogens with zero attached hydrogens (tertiary/aromatic N) is 1. The molecule has 0 aliphatic rings. The van der Waals surface area contributed by atoms with Crippen LogP contribution < -0.4 is 9.47 Å². The molecule has 1 N–H and O–H groups in total. The fourth-order valence-corrected chi connectivity index (χ4v) is 3.18. The van der Waals surface area contributed by atoms with Gasteiger partial charge in [-0.1, -0.05) is 6.07 Å².